The molecule has 1 saturated heterocycles. The molecule has 0 aliphatic carbocycles. The van der Waals surface area contributed by atoms with Gasteiger partial charge in [0, 0.05) is 12.0 Å². The number of benzene rings is 1. The lowest BCUT2D eigenvalue weighted by atomic mass is 9.90. The fraction of sp³-hybridized carbons (Fsp3) is 0.450. The second kappa shape index (κ2) is 7.38. The summed E-state index contributed by atoms with van der Waals surface area (Å²) in [7, 11) is 1.56. The van der Waals surface area contributed by atoms with Crippen molar-refractivity contribution < 1.29 is 27.4 Å². The molecule has 1 aromatic heterocycles. The second-order valence-electron chi connectivity index (χ2n) is 7.13. The van der Waals surface area contributed by atoms with E-state index in [9.17, 15) is 13.2 Å². The highest BCUT2D eigenvalue weighted by atomic mass is 19.3. The Bertz CT molecular complexity index is 784. The number of nitrogens with zero attached hydrogens (tertiary/aromatic N) is 1. The Morgan fingerprint density at radius 1 is 1.26 bits per heavy atom. The third-order valence-electron chi connectivity index (χ3n) is 4.28. The van der Waals surface area contributed by atoms with Gasteiger partial charge in [-0.05, 0) is 43.7 Å². The predicted octanol–water partition coefficient (Wildman–Crippen LogP) is 4.30. The monoisotopic (exact) mass is 381 g/mol. The van der Waals surface area contributed by atoms with Crippen LogP contribution in [0.2, 0.25) is 0 Å². The summed E-state index contributed by atoms with van der Waals surface area (Å²) >= 11 is 0. The van der Waals surface area contributed by atoms with Crippen LogP contribution in [-0.4, -0.2) is 37.4 Å². The Morgan fingerprint density at radius 3 is 2.52 bits per heavy atom. The van der Waals surface area contributed by atoms with Crippen LogP contribution < -0.4 is 9.47 Å². The first-order valence-electron chi connectivity index (χ1n) is 8.61. The molecule has 0 bridgehead atoms. The molecule has 2 aromatic rings. The number of pyridine rings is 1. The summed E-state index contributed by atoms with van der Waals surface area (Å²) in [4.78, 5) is 4.32. The van der Waals surface area contributed by atoms with Crippen LogP contribution in [-0.2, 0) is 16.8 Å². The van der Waals surface area contributed by atoms with Gasteiger partial charge >= 0.3 is 0 Å². The van der Waals surface area contributed by atoms with Crippen LogP contribution in [0.15, 0.2) is 36.5 Å². The van der Waals surface area contributed by atoms with Gasteiger partial charge in [0.15, 0.2) is 5.60 Å². The van der Waals surface area contributed by atoms with Gasteiger partial charge < -0.3 is 14.2 Å². The Morgan fingerprint density at radius 2 is 2.00 bits per heavy atom. The lowest BCUT2D eigenvalue weighted by Crippen LogP contribution is -2.18. The first-order valence-corrected chi connectivity index (χ1v) is 8.61. The zero-order valence-corrected chi connectivity index (χ0v) is 15.5. The largest absolute Gasteiger partial charge is 0.496 e. The van der Waals surface area contributed by atoms with Gasteiger partial charge in [-0.15, -0.1) is 0 Å². The molecule has 4 nitrogen and oxygen atoms in total. The van der Waals surface area contributed by atoms with Crippen LogP contribution in [0.4, 0.5) is 13.2 Å². The van der Waals surface area contributed by atoms with E-state index in [2.05, 4.69) is 4.98 Å². The fourth-order valence-corrected chi connectivity index (χ4v) is 3.04. The van der Waals surface area contributed by atoms with Crippen molar-refractivity contribution in [2.75, 3.05) is 20.3 Å². The SMILES string of the molecule is COc1ccc(CC(C)(C)F)cc1C1(c2ccc(OCC(F)F)cn2)CO1. The number of rotatable bonds is 8. The van der Waals surface area contributed by atoms with Crippen LogP contribution >= 0.6 is 0 Å². The van der Waals surface area contributed by atoms with Gasteiger partial charge in [0.05, 0.1) is 25.6 Å². The second-order valence-corrected chi connectivity index (χ2v) is 7.13. The van der Waals surface area contributed by atoms with Crippen molar-refractivity contribution >= 4 is 0 Å². The van der Waals surface area contributed by atoms with Gasteiger partial charge in [-0.25, -0.2) is 13.2 Å². The predicted molar refractivity (Wildman–Crippen MR) is 94.4 cm³/mol. The molecule has 0 amide bonds. The van der Waals surface area contributed by atoms with Gasteiger partial charge in [-0.1, -0.05) is 6.07 Å². The molecule has 1 fully saturated rings. The van der Waals surface area contributed by atoms with E-state index in [0.717, 1.165) is 11.1 Å². The van der Waals surface area contributed by atoms with Crippen molar-refractivity contribution in [1.29, 1.82) is 0 Å². The van der Waals surface area contributed by atoms with Crippen molar-refractivity contribution in [3.8, 4) is 11.5 Å². The zero-order chi connectivity index (χ0) is 19.7. The molecule has 1 atom stereocenters. The zero-order valence-electron chi connectivity index (χ0n) is 15.5. The molecule has 0 radical (unpaired) electrons. The fourth-order valence-electron chi connectivity index (χ4n) is 3.04. The Hall–Kier alpha value is -2.28. The first-order chi connectivity index (χ1) is 12.7. The van der Waals surface area contributed by atoms with Gasteiger partial charge in [0.1, 0.15) is 23.8 Å². The minimum atomic E-state index is -2.55. The quantitative estimate of drug-likeness (QED) is 0.640. The van der Waals surface area contributed by atoms with Gasteiger partial charge in [-0.3, -0.25) is 4.98 Å². The Kier molecular flexibility index (Phi) is 5.33. The smallest absolute Gasteiger partial charge is 0.272 e. The van der Waals surface area contributed by atoms with Crippen LogP contribution in [0.5, 0.6) is 11.5 Å². The highest BCUT2D eigenvalue weighted by Crippen LogP contribution is 2.48. The summed E-state index contributed by atoms with van der Waals surface area (Å²) in [6, 6.07) is 8.75. The number of hydrogen-bond donors (Lipinski definition) is 0. The van der Waals surface area contributed by atoms with Gasteiger partial charge in [0.2, 0.25) is 0 Å². The molecule has 0 N–H and O–H groups in total. The van der Waals surface area contributed by atoms with E-state index in [1.54, 1.807) is 25.3 Å². The van der Waals surface area contributed by atoms with E-state index < -0.39 is 24.3 Å². The minimum absolute atomic E-state index is 0.258. The maximum absolute atomic E-state index is 14.1. The van der Waals surface area contributed by atoms with E-state index in [-0.39, 0.29) is 12.2 Å². The van der Waals surface area contributed by atoms with Crippen molar-refractivity contribution in [1.82, 2.24) is 4.98 Å². The molecular weight excluding hydrogens is 359 g/mol. The van der Waals surface area contributed by atoms with Crippen LogP contribution in [0.1, 0.15) is 30.7 Å². The summed E-state index contributed by atoms with van der Waals surface area (Å²) in [5.74, 6) is 0.877. The molecule has 146 valence electrons. The number of alkyl halides is 3. The van der Waals surface area contributed by atoms with E-state index in [0.29, 0.717) is 18.1 Å². The number of hydrogen-bond acceptors (Lipinski definition) is 4. The summed E-state index contributed by atoms with van der Waals surface area (Å²) < 4.78 is 54.7. The molecule has 1 aliphatic heterocycles. The molecule has 2 heterocycles. The Labute approximate surface area is 156 Å². The third-order valence-corrected chi connectivity index (χ3v) is 4.28. The lowest BCUT2D eigenvalue weighted by Gasteiger charge is -2.19. The molecule has 27 heavy (non-hydrogen) atoms. The van der Waals surface area contributed by atoms with Crippen molar-refractivity contribution in [2.24, 2.45) is 0 Å². The number of epoxide rings is 1. The topological polar surface area (TPSA) is 43.9 Å². The van der Waals surface area contributed by atoms with Gasteiger partial charge in [0.25, 0.3) is 6.43 Å². The highest BCUT2D eigenvalue weighted by Gasteiger charge is 2.51. The van der Waals surface area contributed by atoms with Crippen LogP contribution in [0, 0.1) is 0 Å². The van der Waals surface area contributed by atoms with Crippen LogP contribution in [0.25, 0.3) is 0 Å². The average molecular weight is 381 g/mol. The number of halogens is 3. The number of aromatic nitrogens is 1. The standard InChI is InChI=1S/C20H22F3NO3/c1-19(2,23)9-13-4-6-16(25-3)15(8-13)20(12-27-20)17-7-5-14(10-24-17)26-11-18(21)22/h4-8,10,18H,9,11-12H2,1-3H3. The van der Waals surface area contributed by atoms with E-state index in [1.807, 2.05) is 12.1 Å². The summed E-state index contributed by atoms with van der Waals surface area (Å²) in [5.41, 5.74) is 0.0708. The summed E-state index contributed by atoms with van der Waals surface area (Å²) in [5, 5.41) is 0. The Balaban J connectivity index is 1.89. The van der Waals surface area contributed by atoms with E-state index in [1.165, 1.54) is 20.0 Å². The third kappa shape index (κ3) is 4.53. The molecule has 7 heteroatoms. The number of methoxy groups -OCH3 is 1. The lowest BCUT2D eigenvalue weighted by molar-refractivity contribution is 0.0817. The molecular formula is C20H22F3NO3. The average Bonchev–Trinajstić information content (AvgIpc) is 3.41. The minimum Gasteiger partial charge on any atom is -0.496 e. The normalized spacial score (nSPS) is 19.2. The van der Waals surface area contributed by atoms with Gasteiger partial charge in [-0.2, -0.15) is 0 Å². The molecule has 0 saturated carbocycles. The van der Waals surface area contributed by atoms with Crippen LogP contribution in [0.3, 0.4) is 0 Å². The highest BCUT2D eigenvalue weighted by molar-refractivity contribution is 5.49. The summed E-state index contributed by atoms with van der Waals surface area (Å²) in [6.45, 7) is 2.77. The van der Waals surface area contributed by atoms with E-state index in [4.69, 9.17) is 14.2 Å². The summed E-state index contributed by atoms with van der Waals surface area (Å²) in [6.07, 6.45) is -0.898. The van der Waals surface area contributed by atoms with E-state index >= 15 is 0 Å². The van der Waals surface area contributed by atoms with Crippen molar-refractivity contribution in [3.05, 3.63) is 53.3 Å². The maximum Gasteiger partial charge on any atom is 0.272 e. The molecule has 0 spiro atoms. The molecule has 3 rings (SSSR count). The first kappa shape index (κ1) is 19.5. The molecule has 1 unspecified atom stereocenters. The number of ether oxygens (including phenoxy) is 3. The molecule has 1 aromatic carbocycles. The van der Waals surface area contributed by atoms with Crippen molar-refractivity contribution in [3.63, 3.8) is 0 Å². The maximum atomic E-state index is 14.1. The molecule has 1 aliphatic rings. The van der Waals surface area contributed by atoms with Crippen molar-refractivity contribution in [2.45, 2.75) is 38.0 Å².